The lowest BCUT2D eigenvalue weighted by atomic mass is 9.98. The number of aldehydes is 1. The number of hydrogen-bond acceptors (Lipinski definition) is 3. The number of para-hydroxylation sites is 1. The number of aromatic hydroxyl groups is 1. The molecule has 1 rings (SSSR count). The summed E-state index contributed by atoms with van der Waals surface area (Å²) < 4.78 is 0. The second kappa shape index (κ2) is 4.24. The Bertz CT molecular complexity index is 318. The fourth-order valence-corrected chi connectivity index (χ4v) is 1.17. The molecule has 76 valence electrons. The summed E-state index contributed by atoms with van der Waals surface area (Å²) in [6.45, 7) is 1.46. The van der Waals surface area contributed by atoms with E-state index in [1.807, 2.05) is 6.07 Å². The van der Waals surface area contributed by atoms with E-state index in [0.717, 1.165) is 5.56 Å². The first-order valence-corrected chi connectivity index (χ1v) is 4.51. The Balaban J connectivity index is 2.62. The molecule has 1 atom stereocenters. The van der Waals surface area contributed by atoms with Crippen molar-refractivity contribution >= 4 is 6.29 Å². The molecule has 1 aromatic rings. The smallest absolute Gasteiger partial charge is 0.151 e. The molecule has 3 heteroatoms. The third kappa shape index (κ3) is 2.85. The minimum absolute atomic E-state index is 0.203. The lowest BCUT2D eigenvalue weighted by Crippen LogP contribution is -2.26. The topological polar surface area (TPSA) is 57.5 Å². The zero-order chi connectivity index (χ0) is 10.6. The zero-order valence-electron chi connectivity index (χ0n) is 8.10. The first kappa shape index (κ1) is 10.7. The summed E-state index contributed by atoms with van der Waals surface area (Å²) in [6.07, 6.45) is 1.32. The molecule has 0 radical (unpaired) electrons. The van der Waals surface area contributed by atoms with Gasteiger partial charge >= 0.3 is 0 Å². The van der Waals surface area contributed by atoms with E-state index in [4.69, 9.17) is 0 Å². The van der Waals surface area contributed by atoms with Crippen LogP contribution < -0.4 is 0 Å². The van der Waals surface area contributed by atoms with Crippen LogP contribution in [0.5, 0.6) is 5.75 Å². The highest BCUT2D eigenvalue weighted by molar-refractivity contribution is 5.61. The predicted octanol–water partition coefficient (Wildman–Crippen LogP) is 1.27. The molecule has 0 fully saturated rings. The molecule has 0 amide bonds. The highest BCUT2D eigenvalue weighted by Gasteiger charge is 2.18. The minimum Gasteiger partial charge on any atom is -0.508 e. The number of hydrogen-bond donors (Lipinski definition) is 2. The van der Waals surface area contributed by atoms with Gasteiger partial charge in [0.25, 0.3) is 0 Å². The summed E-state index contributed by atoms with van der Waals surface area (Å²) >= 11 is 0. The third-order valence-electron chi connectivity index (χ3n) is 2.15. The average molecular weight is 194 g/mol. The van der Waals surface area contributed by atoms with Gasteiger partial charge < -0.3 is 15.0 Å². The molecule has 2 N–H and O–H groups in total. The van der Waals surface area contributed by atoms with Crippen molar-refractivity contribution in [2.45, 2.75) is 25.4 Å². The standard InChI is InChI=1S/C11H14O3/c1-11(14,8-12)7-6-9-4-2-3-5-10(9)13/h2-5,8,13-14H,6-7H2,1H3. The molecular weight excluding hydrogens is 180 g/mol. The van der Waals surface area contributed by atoms with Crippen molar-refractivity contribution in [1.82, 2.24) is 0 Å². The molecule has 3 nitrogen and oxygen atoms in total. The summed E-state index contributed by atoms with van der Waals surface area (Å²) in [5.74, 6) is 0.203. The third-order valence-corrected chi connectivity index (χ3v) is 2.15. The number of aryl methyl sites for hydroxylation is 1. The lowest BCUT2D eigenvalue weighted by molar-refractivity contribution is -0.122. The summed E-state index contributed by atoms with van der Waals surface area (Å²) in [5, 5.41) is 18.8. The van der Waals surface area contributed by atoms with Crippen molar-refractivity contribution in [3.8, 4) is 5.75 Å². The summed E-state index contributed by atoms with van der Waals surface area (Å²) in [6, 6.07) is 6.91. The molecule has 0 saturated carbocycles. The maximum Gasteiger partial charge on any atom is 0.151 e. The second-order valence-corrected chi connectivity index (χ2v) is 3.60. The van der Waals surface area contributed by atoms with Crippen LogP contribution in [-0.4, -0.2) is 22.1 Å². The van der Waals surface area contributed by atoms with E-state index in [2.05, 4.69) is 0 Å². The van der Waals surface area contributed by atoms with Gasteiger partial charge in [0.05, 0.1) is 0 Å². The molecule has 1 aromatic carbocycles. The molecule has 0 aromatic heterocycles. The Hall–Kier alpha value is -1.35. The van der Waals surface area contributed by atoms with E-state index >= 15 is 0 Å². The highest BCUT2D eigenvalue weighted by atomic mass is 16.3. The van der Waals surface area contributed by atoms with Gasteiger partial charge in [-0.25, -0.2) is 0 Å². The van der Waals surface area contributed by atoms with Gasteiger partial charge in [-0.1, -0.05) is 18.2 Å². The SMILES string of the molecule is CC(O)(C=O)CCc1ccccc1O. The van der Waals surface area contributed by atoms with Gasteiger partial charge in [0.15, 0.2) is 6.29 Å². The fourth-order valence-electron chi connectivity index (χ4n) is 1.17. The monoisotopic (exact) mass is 194 g/mol. The van der Waals surface area contributed by atoms with Crippen molar-refractivity contribution in [2.75, 3.05) is 0 Å². The Morgan fingerprint density at radius 2 is 2.07 bits per heavy atom. The minimum atomic E-state index is -1.30. The second-order valence-electron chi connectivity index (χ2n) is 3.60. The predicted molar refractivity (Wildman–Crippen MR) is 53.1 cm³/mol. The number of aliphatic hydroxyl groups is 1. The molecule has 14 heavy (non-hydrogen) atoms. The molecule has 0 heterocycles. The largest absolute Gasteiger partial charge is 0.508 e. The van der Waals surface area contributed by atoms with Crippen LogP contribution in [0.2, 0.25) is 0 Å². The molecule has 0 aliphatic rings. The maximum atomic E-state index is 10.4. The van der Waals surface area contributed by atoms with Gasteiger partial charge in [-0.05, 0) is 31.4 Å². The van der Waals surface area contributed by atoms with E-state index in [1.165, 1.54) is 6.92 Å². The number of phenols is 1. The quantitative estimate of drug-likeness (QED) is 0.710. The van der Waals surface area contributed by atoms with Gasteiger partial charge in [-0.3, -0.25) is 0 Å². The molecule has 0 bridgehead atoms. The number of rotatable bonds is 4. The van der Waals surface area contributed by atoms with Crippen LogP contribution in [0.15, 0.2) is 24.3 Å². The van der Waals surface area contributed by atoms with Crippen molar-refractivity contribution in [3.63, 3.8) is 0 Å². The van der Waals surface area contributed by atoms with Gasteiger partial charge in [0.1, 0.15) is 11.4 Å². The number of carbonyl (C=O) groups excluding carboxylic acids is 1. The van der Waals surface area contributed by atoms with Gasteiger partial charge in [-0.15, -0.1) is 0 Å². The number of carbonyl (C=O) groups is 1. The van der Waals surface area contributed by atoms with Gasteiger partial charge in [-0.2, -0.15) is 0 Å². The molecule has 0 aliphatic carbocycles. The van der Waals surface area contributed by atoms with Gasteiger partial charge in [0, 0.05) is 0 Å². The van der Waals surface area contributed by atoms with E-state index < -0.39 is 5.60 Å². The van der Waals surface area contributed by atoms with Crippen molar-refractivity contribution < 1.29 is 15.0 Å². The lowest BCUT2D eigenvalue weighted by Gasteiger charge is -2.15. The molecule has 1 unspecified atom stereocenters. The van der Waals surface area contributed by atoms with Crippen LogP contribution in [0.3, 0.4) is 0 Å². The number of phenolic OH excluding ortho intramolecular Hbond substituents is 1. The first-order valence-electron chi connectivity index (χ1n) is 4.51. The Morgan fingerprint density at radius 3 is 2.64 bits per heavy atom. The molecule has 0 spiro atoms. The van der Waals surface area contributed by atoms with Crippen LogP contribution >= 0.6 is 0 Å². The normalized spacial score (nSPS) is 14.7. The Labute approximate surface area is 83.0 Å². The zero-order valence-corrected chi connectivity index (χ0v) is 8.10. The van der Waals surface area contributed by atoms with Crippen LogP contribution in [0, 0.1) is 0 Å². The van der Waals surface area contributed by atoms with Crippen LogP contribution in [0.1, 0.15) is 18.9 Å². The maximum absolute atomic E-state index is 10.4. The summed E-state index contributed by atoms with van der Waals surface area (Å²) in [5.41, 5.74) is -0.558. The molecule has 0 aliphatic heterocycles. The Morgan fingerprint density at radius 1 is 1.43 bits per heavy atom. The van der Waals surface area contributed by atoms with E-state index in [1.54, 1.807) is 18.2 Å². The van der Waals surface area contributed by atoms with Crippen molar-refractivity contribution in [2.24, 2.45) is 0 Å². The van der Waals surface area contributed by atoms with Crippen LogP contribution in [0.4, 0.5) is 0 Å². The van der Waals surface area contributed by atoms with E-state index in [-0.39, 0.29) is 5.75 Å². The van der Waals surface area contributed by atoms with E-state index in [9.17, 15) is 15.0 Å². The number of benzene rings is 1. The summed E-state index contributed by atoms with van der Waals surface area (Å²) in [4.78, 5) is 10.4. The fraction of sp³-hybridized carbons (Fsp3) is 0.364. The van der Waals surface area contributed by atoms with E-state index in [0.29, 0.717) is 19.1 Å². The Kier molecular flexibility index (Phi) is 3.25. The summed E-state index contributed by atoms with van der Waals surface area (Å²) in [7, 11) is 0. The van der Waals surface area contributed by atoms with Crippen molar-refractivity contribution in [3.05, 3.63) is 29.8 Å². The van der Waals surface area contributed by atoms with Gasteiger partial charge in [0.2, 0.25) is 0 Å². The van der Waals surface area contributed by atoms with Crippen LogP contribution in [0.25, 0.3) is 0 Å². The first-order chi connectivity index (χ1) is 6.55. The highest BCUT2D eigenvalue weighted by Crippen LogP contribution is 2.19. The van der Waals surface area contributed by atoms with Crippen LogP contribution in [-0.2, 0) is 11.2 Å². The molecule has 0 saturated heterocycles. The average Bonchev–Trinajstić information content (AvgIpc) is 2.17. The van der Waals surface area contributed by atoms with Crippen molar-refractivity contribution in [1.29, 1.82) is 0 Å². The molecular formula is C11H14O3.